The zero-order valence-electron chi connectivity index (χ0n) is 23.0. The molecule has 218 valence electrons. The van der Waals surface area contributed by atoms with Crippen LogP contribution in [0.2, 0.25) is 0 Å². The van der Waals surface area contributed by atoms with Crippen LogP contribution in [0.5, 0.6) is 11.5 Å². The van der Waals surface area contributed by atoms with Crippen molar-refractivity contribution in [3.63, 3.8) is 0 Å². The lowest BCUT2D eigenvalue weighted by Gasteiger charge is -2.34. The van der Waals surface area contributed by atoms with Crippen molar-refractivity contribution in [2.45, 2.75) is 63.0 Å². The third kappa shape index (κ3) is 6.02. The van der Waals surface area contributed by atoms with Crippen molar-refractivity contribution >= 4 is 22.4 Å². The minimum Gasteiger partial charge on any atom is -0.493 e. The van der Waals surface area contributed by atoms with Crippen molar-refractivity contribution in [2.75, 3.05) is 38.5 Å². The summed E-state index contributed by atoms with van der Waals surface area (Å²) in [5.41, 5.74) is 4.14. The van der Waals surface area contributed by atoms with Crippen molar-refractivity contribution in [2.24, 2.45) is 0 Å². The molecule has 1 atom stereocenters. The summed E-state index contributed by atoms with van der Waals surface area (Å²) in [6, 6.07) is 6.64. The Morgan fingerprint density at radius 2 is 1.77 bits per heavy atom. The standard InChI is InChI=1S/C28H34F4N4O4/c1-15(16-8-18(10-19(33)9-16)28(31,32)26(2,3)37)34-25-20-11-23(40-7-6-38-4)22(39-5)12-21(20)35-24(36-25)17-13-27(29,30)14-17/h8-12,15,17,37H,6-7,13-14,33H2,1-5H3,(H,34,35,36). The molecule has 40 heavy (non-hydrogen) atoms. The fourth-order valence-corrected chi connectivity index (χ4v) is 4.55. The number of aliphatic hydroxyl groups is 1. The van der Waals surface area contributed by atoms with E-state index in [1.165, 1.54) is 13.2 Å². The van der Waals surface area contributed by atoms with Crippen LogP contribution in [-0.4, -0.2) is 54.0 Å². The first-order chi connectivity index (χ1) is 18.6. The van der Waals surface area contributed by atoms with Gasteiger partial charge in [0.15, 0.2) is 11.5 Å². The average Bonchev–Trinajstić information content (AvgIpc) is 2.85. The monoisotopic (exact) mass is 566 g/mol. The largest absolute Gasteiger partial charge is 0.493 e. The molecule has 8 nitrogen and oxygen atoms in total. The van der Waals surface area contributed by atoms with Gasteiger partial charge in [-0.2, -0.15) is 8.78 Å². The second-order valence-corrected chi connectivity index (χ2v) is 10.6. The molecule has 12 heteroatoms. The van der Waals surface area contributed by atoms with Crippen LogP contribution in [0.25, 0.3) is 10.9 Å². The number of methoxy groups -OCH3 is 2. The third-order valence-corrected chi connectivity index (χ3v) is 6.96. The maximum Gasteiger partial charge on any atom is 0.300 e. The highest BCUT2D eigenvalue weighted by atomic mass is 19.3. The number of hydrogen-bond donors (Lipinski definition) is 3. The van der Waals surface area contributed by atoms with Crippen LogP contribution in [0.15, 0.2) is 30.3 Å². The Hall–Kier alpha value is -3.38. The Morgan fingerprint density at radius 1 is 1.07 bits per heavy atom. The summed E-state index contributed by atoms with van der Waals surface area (Å²) in [6.07, 6.45) is -0.735. The van der Waals surface area contributed by atoms with Crippen LogP contribution in [0.4, 0.5) is 29.1 Å². The van der Waals surface area contributed by atoms with E-state index in [1.807, 2.05) is 0 Å². The number of hydrogen-bond acceptors (Lipinski definition) is 8. The van der Waals surface area contributed by atoms with Crippen LogP contribution >= 0.6 is 0 Å². The predicted molar refractivity (Wildman–Crippen MR) is 143 cm³/mol. The van der Waals surface area contributed by atoms with Crippen LogP contribution in [0, 0.1) is 0 Å². The molecule has 4 N–H and O–H groups in total. The van der Waals surface area contributed by atoms with Crippen LogP contribution in [0.3, 0.4) is 0 Å². The van der Waals surface area contributed by atoms with E-state index in [1.54, 1.807) is 32.2 Å². The predicted octanol–water partition coefficient (Wildman–Crippen LogP) is 5.79. The summed E-state index contributed by atoms with van der Waals surface area (Å²) in [5.74, 6) is -5.56. The fourth-order valence-electron chi connectivity index (χ4n) is 4.55. The molecule has 3 aromatic rings. The number of anilines is 2. The number of nitrogen functional groups attached to an aromatic ring is 1. The van der Waals surface area contributed by atoms with Gasteiger partial charge in [-0.25, -0.2) is 18.7 Å². The Morgan fingerprint density at radius 3 is 2.38 bits per heavy atom. The molecular formula is C28H34F4N4O4. The number of alkyl halides is 4. The summed E-state index contributed by atoms with van der Waals surface area (Å²) < 4.78 is 73.6. The molecule has 0 bridgehead atoms. The number of nitrogens with zero attached hydrogens (tertiary/aromatic N) is 2. The summed E-state index contributed by atoms with van der Waals surface area (Å²) in [5, 5.41) is 13.8. The lowest BCUT2D eigenvalue weighted by molar-refractivity contribution is -0.168. The summed E-state index contributed by atoms with van der Waals surface area (Å²) >= 11 is 0. The second kappa shape index (κ2) is 10.9. The van der Waals surface area contributed by atoms with E-state index in [-0.39, 0.29) is 31.0 Å². The molecule has 4 rings (SSSR count). The molecule has 1 aliphatic rings. The molecule has 2 aromatic carbocycles. The molecule has 0 spiro atoms. The highest BCUT2D eigenvalue weighted by Gasteiger charge is 2.48. The van der Waals surface area contributed by atoms with Gasteiger partial charge in [-0.3, -0.25) is 0 Å². The van der Waals surface area contributed by atoms with Crippen LogP contribution < -0.4 is 20.5 Å². The van der Waals surface area contributed by atoms with Gasteiger partial charge in [0.2, 0.25) is 5.92 Å². The third-order valence-electron chi connectivity index (χ3n) is 6.96. The normalized spacial score (nSPS) is 16.4. The van der Waals surface area contributed by atoms with E-state index >= 15 is 0 Å². The van der Waals surface area contributed by atoms with Crippen molar-refractivity contribution in [3.8, 4) is 11.5 Å². The van der Waals surface area contributed by atoms with E-state index in [4.69, 9.17) is 19.9 Å². The molecule has 1 saturated carbocycles. The maximum atomic E-state index is 15.0. The Kier molecular flexibility index (Phi) is 8.06. The number of nitrogens with one attached hydrogen (secondary N) is 1. The van der Waals surface area contributed by atoms with Crippen LogP contribution in [0.1, 0.15) is 62.5 Å². The van der Waals surface area contributed by atoms with E-state index < -0.39 is 35.0 Å². The molecule has 1 heterocycles. The van der Waals surface area contributed by atoms with Gasteiger partial charge in [0.1, 0.15) is 23.9 Å². The van der Waals surface area contributed by atoms with E-state index in [0.29, 0.717) is 40.4 Å². The van der Waals surface area contributed by atoms with Gasteiger partial charge in [0, 0.05) is 48.6 Å². The molecule has 0 aliphatic heterocycles. The van der Waals surface area contributed by atoms with Gasteiger partial charge in [-0.15, -0.1) is 0 Å². The van der Waals surface area contributed by atoms with Crippen molar-refractivity contribution < 1.29 is 36.9 Å². The molecule has 0 amide bonds. The Labute approximate surface area is 229 Å². The van der Waals surface area contributed by atoms with Gasteiger partial charge in [-0.05, 0) is 50.6 Å². The lowest BCUT2D eigenvalue weighted by Crippen LogP contribution is -2.40. The van der Waals surface area contributed by atoms with E-state index in [2.05, 4.69) is 15.3 Å². The molecule has 1 aliphatic carbocycles. The minimum absolute atomic E-state index is 0.0913. The van der Waals surface area contributed by atoms with Gasteiger partial charge in [0.25, 0.3) is 0 Å². The smallest absolute Gasteiger partial charge is 0.300 e. The summed E-state index contributed by atoms with van der Waals surface area (Å²) in [6.45, 7) is 4.36. The first-order valence-electron chi connectivity index (χ1n) is 12.8. The molecule has 0 radical (unpaired) electrons. The highest BCUT2D eigenvalue weighted by Crippen LogP contribution is 2.48. The van der Waals surface area contributed by atoms with Gasteiger partial charge >= 0.3 is 5.92 Å². The van der Waals surface area contributed by atoms with Crippen molar-refractivity contribution in [1.82, 2.24) is 9.97 Å². The van der Waals surface area contributed by atoms with E-state index in [0.717, 1.165) is 19.9 Å². The van der Waals surface area contributed by atoms with Crippen LogP contribution in [-0.2, 0) is 10.7 Å². The van der Waals surface area contributed by atoms with E-state index in [9.17, 15) is 22.7 Å². The number of nitrogens with two attached hydrogens (primary N) is 1. The number of fused-ring (bicyclic) bond motifs is 1. The van der Waals surface area contributed by atoms with Gasteiger partial charge in [0.05, 0.1) is 25.3 Å². The van der Waals surface area contributed by atoms with Gasteiger partial charge in [-0.1, -0.05) is 0 Å². The Balaban J connectivity index is 1.77. The summed E-state index contributed by atoms with van der Waals surface area (Å²) in [7, 11) is 3.02. The highest BCUT2D eigenvalue weighted by molar-refractivity contribution is 5.92. The first kappa shape index (κ1) is 29.6. The second-order valence-electron chi connectivity index (χ2n) is 10.6. The first-order valence-corrected chi connectivity index (χ1v) is 12.8. The fraction of sp³-hybridized carbons (Fsp3) is 0.500. The quantitative estimate of drug-likeness (QED) is 0.152. The summed E-state index contributed by atoms with van der Waals surface area (Å²) in [4.78, 5) is 9.13. The number of halogens is 4. The topological polar surface area (TPSA) is 112 Å². The lowest BCUT2D eigenvalue weighted by atomic mass is 9.80. The number of aromatic nitrogens is 2. The molecule has 0 saturated heterocycles. The molecule has 1 unspecified atom stereocenters. The number of benzene rings is 2. The number of ether oxygens (including phenoxy) is 3. The maximum absolute atomic E-state index is 15.0. The zero-order chi connectivity index (χ0) is 29.5. The molecule has 1 aromatic heterocycles. The van der Waals surface area contributed by atoms with Gasteiger partial charge < -0.3 is 30.4 Å². The molecule has 1 fully saturated rings. The number of rotatable bonds is 11. The minimum atomic E-state index is -3.58. The SMILES string of the molecule is COCCOc1cc2c(NC(C)c3cc(N)cc(C(F)(F)C(C)(C)O)c3)nc(C3CC(F)(F)C3)nc2cc1OC. The Bertz CT molecular complexity index is 1370. The molecular weight excluding hydrogens is 532 g/mol. The van der Waals surface area contributed by atoms with Crippen molar-refractivity contribution in [1.29, 1.82) is 0 Å². The zero-order valence-corrected chi connectivity index (χ0v) is 23.0. The average molecular weight is 567 g/mol. The van der Waals surface area contributed by atoms with Crippen molar-refractivity contribution in [3.05, 3.63) is 47.3 Å².